The summed E-state index contributed by atoms with van der Waals surface area (Å²) in [7, 11) is 1.65. The van der Waals surface area contributed by atoms with Crippen molar-refractivity contribution >= 4 is 33.8 Å². The minimum absolute atomic E-state index is 0.0544. The Hall–Kier alpha value is -2.64. The number of carbonyl (C=O) groups excluding carboxylic acids is 2. The van der Waals surface area contributed by atoms with E-state index in [1.807, 2.05) is 70.5 Å². The van der Waals surface area contributed by atoms with Gasteiger partial charge in [-0.05, 0) is 30.3 Å². The van der Waals surface area contributed by atoms with Gasteiger partial charge in [-0.3, -0.25) is 14.5 Å². The van der Waals surface area contributed by atoms with E-state index in [9.17, 15) is 9.59 Å². The number of ether oxygens (including phenoxy) is 1. The molecule has 2 aromatic carbocycles. The average molecular weight is 500 g/mol. The Bertz CT molecular complexity index is 938. The van der Waals surface area contributed by atoms with Crippen molar-refractivity contribution in [1.29, 1.82) is 0 Å². The van der Waals surface area contributed by atoms with E-state index in [0.717, 1.165) is 35.4 Å². The number of nitrogens with zero attached hydrogens (tertiary/aromatic N) is 3. The van der Waals surface area contributed by atoms with E-state index in [4.69, 9.17) is 4.74 Å². The molecule has 2 aromatic rings. The van der Waals surface area contributed by atoms with Gasteiger partial charge >= 0.3 is 0 Å². The molecule has 3 rings (SSSR count). The van der Waals surface area contributed by atoms with Crippen LogP contribution < -0.4 is 4.74 Å². The molecule has 1 aliphatic heterocycles. The van der Waals surface area contributed by atoms with Crippen molar-refractivity contribution in [2.45, 2.75) is 6.92 Å². The van der Waals surface area contributed by atoms with Gasteiger partial charge in [-0.15, -0.1) is 0 Å². The fourth-order valence-electron chi connectivity index (χ4n) is 3.70. The molecule has 1 fully saturated rings. The monoisotopic (exact) mass is 499 g/mol. The number of hydrogen-bond donors (Lipinski definition) is 0. The lowest BCUT2D eigenvalue weighted by Gasteiger charge is -2.35. The predicted octanol–water partition coefficient (Wildman–Crippen LogP) is 3.78. The summed E-state index contributed by atoms with van der Waals surface area (Å²) in [5, 5.41) is 0. The normalized spacial score (nSPS) is 14.5. The largest absolute Gasteiger partial charge is 0.496 e. The van der Waals surface area contributed by atoms with Crippen molar-refractivity contribution in [3.8, 4) is 5.75 Å². The van der Waals surface area contributed by atoms with Gasteiger partial charge in [0.1, 0.15) is 5.75 Å². The first-order valence-corrected chi connectivity index (χ1v) is 11.6. The lowest BCUT2D eigenvalue weighted by Crippen LogP contribution is -2.50. The van der Waals surface area contributed by atoms with Crippen LogP contribution in [0.5, 0.6) is 5.75 Å². The summed E-state index contributed by atoms with van der Waals surface area (Å²) >= 11 is 3.40. The molecule has 170 valence electrons. The highest BCUT2D eigenvalue weighted by Gasteiger charge is 2.22. The standard InChI is InChI=1S/C25H30BrN3O3/c1-20(30)28(13-5-7-21-6-3-4-8-24(21)32-2)17-14-27-15-18-29(19-16-27)25(31)22-9-11-23(26)12-10-22/h3-12H,13-19H2,1-2H3/b7-5+. The van der Waals surface area contributed by atoms with Gasteiger partial charge < -0.3 is 14.5 Å². The number of amides is 2. The van der Waals surface area contributed by atoms with Crippen LogP contribution in [0.3, 0.4) is 0 Å². The lowest BCUT2D eigenvalue weighted by molar-refractivity contribution is -0.128. The van der Waals surface area contributed by atoms with Crippen LogP contribution in [-0.4, -0.2) is 79.4 Å². The van der Waals surface area contributed by atoms with E-state index >= 15 is 0 Å². The Kier molecular flexibility index (Phi) is 8.88. The van der Waals surface area contributed by atoms with Crippen molar-refractivity contribution in [2.24, 2.45) is 0 Å². The molecule has 0 spiro atoms. The lowest BCUT2D eigenvalue weighted by atomic mass is 10.2. The molecule has 0 saturated carbocycles. The third-order valence-corrected chi connectivity index (χ3v) is 6.17. The third-order valence-electron chi connectivity index (χ3n) is 5.64. The summed E-state index contributed by atoms with van der Waals surface area (Å²) < 4.78 is 6.33. The predicted molar refractivity (Wildman–Crippen MR) is 131 cm³/mol. The minimum Gasteiger partial charge on any atom is -0.496 e. The molecule has 1 saturated heterocycles. The first-order chi connectivity index (χ1) is 15.5. The molecule has 0 aliphatic carbocycles. The van der Waals surface area contributed by atoms with E-state index in [0.29, 0.717) is 31.7 Å². The average Bonchev–Trinajstić information content (AvgIpc) is 2.81. The van der Waals surface area contributed by atoms with Crippen LogP contribution in [0, 0.1) is 0 Å². The molecule has 1 aliphatic rings. The SMILES string of the molecule is COc1ccccc1/C=C/CN(CCN1CCN(C(=O)c2ccc(Br)cc2)CC1)C(C)=O. The molecule has 6 nitrogen and oxygen atoms in total. The van der Waals surface area contributed by atoms with Crippen molar-refractivity contribution < 1.29 is 14.3 Å². The highest BCUT2D eigenvalue weighted by atomic mass is 79.9. The van der Waals surface area contributed by atoms with Crippen molar-refractivity contribution in [1.82, 2.24) is 14.7 Å². The highest BCUT2D eigenvalue weighted by molar-refractivity contribution is 9.10. The van der Waals surface area contributed by atoms with Crippen molar-refractivity contribution in [2.75, 3.05) is 52.9 Å². The number of methoxy groups -OCH3 is 1. The number of halogens is 1. The summed E-state index contributed by atoms with van der Waals surface area (Å²) in [5.41, 5.74) is 1.70. The number of para-hydroxylation sites is 1. The summed E-state index contributed by atoms with van der Waals surface area (Å²) in [6.45, 7) is 6.62. The zero-order valence-corrected chi connectivity index (χ0v) is 20.3. The third kappa shape index (κ3) is 6.68. The van der Waals surface area contributed by atoms with Gasteiger partial charge in [-0.2, -0.15) is 0 Å². The van der Waals surface area contributed by atoms with E-state index in [2.05, 4.69) is 20.8 Å². The van der Waals surface area contributed by atoms with Crippen LogP contribution in [0.25, 0.3) is 6.08 Å². The van der Waals surface area contributed by atoms with E-state index in [-0.39, 0.29) is 11.8 Å². The van der Waals surface area contributed by atoms with Crippen LogP contribution in [0.15, 0.2) is 59.1 Å². The first-order valence-electron chi connectivity index (χ1n) is 10.8. The molecule has 0 atom stereocenters. The van der Waals surface area contributed by atoms with Crippen molar-refractivity contribution in [3.05, 3.63) is 70.2 Å². The second-order valence-corrected chi connectivity index (χ2v) is 8.67. The van der Waals surface area contributed by atoms with E-state index < -0.39 is 0 Å². The second kappa shape index (κ2) is 11.8. The molecule has 0 radical (unpaired) electrons. The van der Waals surface area contributed by atoms with Gasteiger partial charge in [0.15, 0.2) is 0 Å². The van der Waals surface area contributed by atoms with Crippen LogP contribution in [0.1, 0.15) is 22.8 Å². The molecule has 32 heavy (non-hydrogen) atoms. The number of carbonyl (C=O) groups is 2. The van der Waals surface area contributed by atoms with Crippen LogP contribution in [-0.2, 0) is 4.79 Å². The van der Waals surface area contributed by atoms with Gasteiger partial charge in [0.05, 0.1) is 7.11 Å². The van der Waals surface area contributed by atoms with Gasteiger partial charge in [-0.25, -0.2) is 0 Å². The Morgan fingerprint density at radius 2 is 1.75 bits per heavy atom. The van der Waals surface area contributed by atoms with E-state index in [1.54, 1.807) is 14.0 Å². The molecule has 0 unspecified atom stereocenters. The zero-order valence-electron chi connectivity index (χ0n) is 18.7. The Morgan fingerprint density at radius 3 is 2.41 bits per heavy atom. The van der Waals surface area contributed by atoms with Crippen molar-refractivity contribution in [3.63, 3.8) is 0 Å². The molecule has 0 bridgehead atoms. The Labute approximate surface area is 198 Å². The van der Waals surface area contributed by atoms with Crippen LogP contribution in [0.2, 0.25) is 0 Å². The highest BCUT2D eigenvalue weighted by Crippen LogP contribution is 2.18. The molecule has 2 amide bonds. The fourth-order valence-corrected chi connectivity index (χ4v) is 3.96. The summed E-state index contributed by atoms with van der Waals surface area (Å²) in [6, 6.07) is 15.3. The maximum Gasteiger partial charge on any atom is 0.253 e. The van der Waals surface area contributed by atoms with Crippen LogP contribution in [0.4, 0.5) is 0 Å². The summed E-state index contributed by atoms with van der Waals surface area (Å²) in [4.78, 5) is 30.8. The molecule has 0 N–H and O–H groups in total. The van der Waals surface area contributed by atoms with Crippen LogP contribution >= 0.6 is 15.9 Å². The minimum atomic E-state index is 0.0544. The molecular weight excluding hydrogens is 470 g/mol. The molecule has 7 heteroatoms. The molecular formula is C25H30BrN3O3. The zero-order chi connectivity index (χ0) is 22.9. The molecule has 1 heterocycles. The topological polar surface area (TPSA) is 53.1 Å². The number of rotatable bonds is 8. The second-order valence-electron chi connectivity index (χ2n) is 7.75. The summed E-state index contributed by atoms with van der Waals surface area (Å²) in [5.74, 6) is 0.941. The molecule has 0 aromatic heterocycles. The van der Waals surface area contributed by atoms with Gasteiger partial charge in [0, 0.05) is 68.3 Å². The van der Waals surface area contributed by atoms with Gasteiger partial charge in [0.25, 0.3) is 5.91 Å². The van der Waals surface area contributed by atoms with E-state index in [1.165, 1.54) is 0 Å². The van der Waals surface area contributed by atoms with Gasteiger partial charge in [-0.1, -0.05) is 46.3 Å². The maximum atomic E-state index is 12.7. The fraction of sp³-hybridized carbons (Fsp3) is 0.360. The number of piperazine rings is 1. The summed E-state index contributed by atoms with van der Waals surface area (Å²) in [6.07, 6.45) is 3.98. The Morgan fingerprint density at radius 1 is 1.06 bits per heavy atom. The Balaban J connectivity index is 1.46. The van der Waals surface area contributed by atoms with Gasteiger partial charge in [0.2, 0.25) is 5.91 Å². The number of benzene rings is 2. The number of hydrogen-bond acceptors (Lipinski definition) is 4. The maximum absolute atomic E-state index is 12.7. The quantitative estimate of drug-likeness (QED) is 0.554. The smallest absolute Gasteiger partial charge is 0.253 e. The first kappa shape index (κ1) is 24.0.